The highest BCUT2D eigenvalue weighted by molar-refractivity contribution is 6.08. The number of amides is 2. The summed E-state index contributed by atoms with van der Waals surface area (Å²) in [5.41, 5.74) is 5.87. The van der Waals surface area contributed by atoms with E-state index in [4.69, 9.17) is 19.4 Å². The van der Waals surface area contributed by atoms with Crippen LogP contribution in [0.5, 0.6) is 11.5 Å². The van der Waals surface area contributed by atoms with Crippen LogP contribution in [0, 0.1) is 0 Å². The summed E-state index contributed by atoms with van der Waals surface area (Å²) in [5, 5.41) is 8.15. The number of fused-ring (bicyclic) bond motifs is 2. The van der Waals surface area contributed by atoms with Gasteiger partial charge in [-0.15, -0.1) is 0 Å². The minimum absolute atomic E-state index is 0.000678. The predicted molar refractivity (Wildman–Crippen MR) is 188 cm³/mol. The molecule has 1 aliphatic rings. The Bertz CT molecular complexity index is 1990. The number of carbonyl (C=O) groups excluding carboxylic acids is 2. The van der Waals surface area contributed by atoms with Gasteiger partial charge in [0.25, 0.3) is 11.8 Å². The van der Waals surface area contributed by atoms with E-state index in [1.54, 1.807) is 14.2 Å². The van der Waals surface area contributed by atoms with Gasteiger partial charge in [-0.1, -0.05) is 60.7 Å². The molecule has 0 radical (unpaired) electrons. The Morgan fingerprint density at radius 2 is 0.979 bits per heavy atom. The molecular formula is C40H36N4O4. The van der Waals surface area contributed by atoms with Crippen LogP contribution in [0.3, 0.4) is 0 Å². The molecule has 0 unspecified atom stereocenters. The third-order valence-corrected chi connectivity index (χ3v) is 9.05. The summed E-state index contributed by atoms with van der Waals surface area (Å²) >= 11 is 0. The first-order valence-electron chi connectivity index (χ1n) is 16.2. The van der Waals surface area contributed by atoms with Gasteiger partial charge in [0, 0.05) is 34.0 Å². The van der Waals surface area contributed by atoms with Gasteiger partial charge in [-0.05, 0) is 74.2 Å². The topological polar surface area (TPSA) is 102 Å². The summed E-state index contributed by atoms with van der Waals surface area (Å²) in [4.78, 5) is 37.2. The molecular weight excluding hydrogens is 600 g/mol. The highest BCUT2D eigenvalue weighted by atomic mass is 16.5. The van der Waals surface area contributed by atoms with E-state index in [1.165, 1.54) is 0 Å². The molecule has 8 heteroatoms. The molecule has 0 atom stereocenters. The zero-order valence-corrected chi connectivity index (χ0v) is 26.9. The molecule has 0 bridgehead atoms. The second-order valence-electron chi connectivity index (χ2n) is 12.1. The van der Waals surface area contributed by atoms with Crippen LogP contribution in [-0.4, -0.2) is 48.1 Å². The van der Waals surface area contributed by atoms with Crippen LogP contribution in [0.15, 0.2) is 109 Å². The van der Waals surface area contributed by atoms with Crippen molar-refractivity contribution < 1.29 is 19.1 Å². The van der Waals surface area contributed by atoms with E-state index < -0.39 is 0 Å². The first-order valence-corrected chi connectivity index (χ1v) is 16.2. The van der Waals surface area contributed by atoms with Crippen LogP contribution in [0.25, 0.3) is 44.3 Å². The molecule has 6 aromatic rings. The smallest absolute Gasteiger partial charge is 0.252 e. The summed E-state index contributed by atoms with van der Waals surface area (Å²) < 4.78 is 10.8. The number of carbonyl (C=O) groups is 2. The van der Waals surface area contributed by atoms with E-state index in [0.717, 1.165) is 70.1 Å². The number of aromatic nitrogens is 2. The zero-order chi connectivity index (χ0) is 33.0. The first-order chi connectivity index (χ1) is 23.5. The number of hydrogen-bond acceptors (Lipinski definition) is 6. The molecule has 0 saturated heterocycles. The van der Waals surface area contributed by atoms with E-state index in [-0.39, 0.29) is 23.9 Å². The zero-order valence-electron chi connectivity index (χ0n) is 26.9. The first kappa shape index (κ1) is 30.9. The second kappa shape index (κ2) is 13.5. The number of nitrogens with one attached hydrogen (secondary N) is 2. The van der Waals surface area contributed by atoms with Crippen molar-refractivity contribution in [3.8, 4) is 34.0 Å². The summed E-state index contributed by atoms with van der Waals surface area (Å²) in [6.07, 6.45) is 3.03. The Balaban J connectivity index is 1.05. The second-order valence-corrected chi connectivity index (χ2v) is 12.1. The highest BCUT2D eigenvalue weighted by Gasteiger charge is 2.26. The Hall–Kier alpha value is -5.76. The molecule has 8 nitrogen and oxygen atoms in total. The molecule has 1 aliphatic carbocycles. The summed E-state index contributed by atoms with van der Waals surface area (Å²) in [5.74, 6) is 1.20. The maximum Gasteiger partial charge on any atom is 0.252 e. The summed E-state index contributed by atoms with van der Waals surface area (Å²) in [6, 6.07) is 34.5. The lowest BCUT2D eigenvalue weighted by atomic mass is 9.90. The molecule has 0 aliphatic heterocycles. The number of benzene rings is 4. The van der Waals surface area contributed by atoms with Crippen LogP contribution in [-0.2, 0) is 0 Å². The van der Waals surface area contributed by atoms with Crippen molar-refractivity contribution in [1.29, 1.82) is 0 Å². The van der Waals surface area contributed by atoms with E-state index in [1.807, 2.05) is 109 Å². The van der Waals surface area contributed by atoms with Gasteiger partial charge < -0.3 is 20.1 Å². The molecule has 2 aromatic heterocycles. The van der Waals surface area contributed by atoms with E-state index >= 15 is 0 Å². The lowest BCUT2D eigenvalue weighted by Gasteiger charge is -2.30. The number of para-hydroxylation sites is 2. The third-order valence-electron chi connectivity index (χ3n) is 9.05. The average Bonchev–Trinajstić information content (AvgIpc) is 3.14. The van der Waals surface area contributed by atoms with E-state index in [2.05, 4.69) is 10.6 Å². The Morgan fingerprint density at radius 3 is 1.40 bits per heavy atom. The summed E-state index contributed by atoms with van der Waals surface area (Å²) in [7, 11) is 3.26. The van der Waals surface area contributed by atoms with Crippen molar-refractivity contribution in [2.24, 2.45) is 0 Å². The SMILES string of the molecule is COc1cccc(-c2cc(C(=O)NC3CCC(NC(=O)c4cc(-c5cccc(OC)c5)nc5ccccc45)CC3)c3ccccc3n2)c1. The van der Waals surface area contributed by atoms with Crippen molar-refractivity contribution in [2.45, 2.75) is 37.8 Å². The number of methoxy groups -OCH3 is 2. The molecule has 4 aromatic carbocycles. The number of pyridine rings is 2. The van der Waals surface area contributed by atoms with Crippen molar-refractivity contribution in [3.05, 3.63) is 120 Å². The van der Waals surface area contributed by atoms with Crippen LogP contribution in [0.4, 0.5) is 0 Å². The van der Waals surface area contributed by atoms with Crippen molar-refractivity contribution in [1.82, 2.24) is 20.6 Å². The maximum atomic E-state index is 13.7. The van der Waals surface area contributed by atoms with Crippen molar-refractivity contribution >= 4 is 33.6 Å². The highest BCUT2D eigenvalue weighted by Crippen LogP contribution is 2.30. The molecule has 7 rings (SSSR count). The van der Waals surface area contributed by atoms with Crippen LogP contribution in [0.2, 0.25) is 0 Å². The lowest BCUT2D eigenvalue weighted by Crippen LogP contribution is -2.44. The van der Waals surface area contributed by atoms with Gasteiger partial charge in [-0.25, -0.2) is 9.97 Å². The fourth-order valence-corrected chi connectivity index (χ4v) is 6.50. The predicted octanol–water partition coefficient (Wildman–Crippen LogP) is 7.61. The van der Waals surface area contributed by atoms with Crippen LogP contribution < -0.4 is 20.1 Å². The van der Waals surface area contributed by atoms with E-state index in [9.17, 15) is 9.59 Å². The molecule has 1 saturated carbocycles. The van der Waals surface area contributed by atoms with Crippen LogP contribution >= 0.6 is 0 Å². The minimum atomic E-state index is -0.126. The van der Waals surface area contributed by atoms with Gasteiger partial charge in [-0.3, -0.25) is 9.59 Å². The number of nitrogens with zero attached hydrogens (tertiary/aromatic N) is 2. The van der Waals surface area contributed by atoms with Gasteiger partial charge >= 0.3 is 0 Å². The number of ether oxygens (including phenoxy) is 2. The minimum Gasteiger partial charge on any atom is -0.497 e. The molecule has 2 amide bonds. The lowest BCUT2D eigenvalue weighted by molar-refractivity contribution is 0.0893. The van der Waals surface area contributed by atoms with Gasteiger partial charge in [-0.2, -0.15) is 0 Å². The molecule has 2 heterocycles. The standard InChI is InChI=1S/C40H36N4O4/c1-47-29-11-7-9-25(21-29)37-23-33(31-13-3-5-15-35(31)43-37)39(45)41-27-17-19-28(20-18-27)42-40(46)34-24-38(26-10-8-12-30(22-26)48-2)44-36-16-6-4-14-32(34)36/h3-16,21-24,27-28H,17-20H2,1-2H3,(H,41,45)(H,42,46). The third kappa shape index (κ3) is 6.42. The van der Waals surface area contributed by atoms with Gasteiger partial charge in [0.1, 0.15) is 11.5 Å². The average molecular weight is 637 g/mol. The van der Waals surface area contributed by atoms with E-state index in [0.29, 0.717) is 22.5 Å². The molecule has 0 spiro atoms. The Morgan fingerprint density at radius 1 is 0.562 bits per heavy atom. The molecule has 48 heavy (non-hydrogen) atoms. The van der Waals surface area contributed by atoms with Gasteiger partial charge in [0.15, 0.2) is 0 Å². The fraction of sp³-hybridized carbons (Fsp3) is 0.200. The van der Waals surface area contributed by atoms with Gasteiger partial charge in [0.2, 0.25) is 0 Å². The molecule has 2 N–H and O–H groups in total. The maximum absolute atomic E-state index is 13.7. The van der Waals surface area contributed by atoms with Gasteiger partial charge in [0.05, 0.1) is 47.8 Å². The number of rotatable bonds is 8. The van der Waals surface area contributed by atoms with Crippen molar-refractivity contribution in [3.63, 3.8) is 0 Å². The molecule has 240 valence electrons. The summed E-state index contributed by atoms with van der Waals surface area (Å²) in [6.45, 7) is 0. The normalized spacial score (nSPS) is 16.0. The quantitative estimate of drug-likeness (QED) is 0.178. The Labute approximate surface area is 279 Å². The molecule has 1 fully saturated rings. The number of hydrogen-bond donors (Lipinski definition) is 2. The Kier molecular flexibility index (Phi) is 8.71. The monoisotopic (exact) mass is 636 g/mol. The fourth-order valence-electron chi connectivity index (χ4n) is 6.50. The van der Waals surface area contributed by atoms with Crippen LogP contribution in [0.1, 0.15) is 46.4 Å². The van der Waals surface area contributed by atoms with Crippen molar-refractivity contribution in [2.75, 3.05) is 14.2 Å². The largest absolute Gasteiger partial charge is 0.497 e.